The molecule has 12 heavy (non-hydrogen) atoms. The number of aromatic nitrogens is 2. The van der Waals surface area contributed by atoms with E-state index in [2.05, 4.69) is 0 Å². The van der Waals surface area contributed by atoms with E-state index in [4.69, 9.17) is 0 Å². The fourth-order valence-electron chi connectivity index (χ4n) is 0.607. The Labute approximate surface area is 63.6 Å². The monoisotopic (exact) mass is 180 g/mol. The molecule has 1 aromatic heterocycles. The lowest BCUT2D eigenvalue weighted by Gasteiger charge is -2.02. The fraction of sp³-hybridized carbons (Fsp3) is 0.200. The van der Waals surface area contributed by atoms with Gasteiger partial charge in [0.1, 0.15) is 0 Å². The zero-order chi connectivity index (χ0) is 9.35. The van der Waals surface area contributed by atoms with Crippen molar-refractivity contribution in [1.29, 1.82) is 0 Å². The molecular formula is C5H3F3N2O2. The maximum atomic E-state index is 11.7. The van der Waals surface area contributed by atoms with Crippen molar-refractivity contribution in [3.8, 4) is 0 Å². The van der Waals surface area contributed by atoms with Crippen LogP contribution in [0, 0.1) is 0 Å². The Kier molecular flexibility index (Phi) is 1.79. The number of H-pyrrole nitrogens is 1. The van der Waals surface area contributed by atoms with Gasteiger partial charge in [0.2, 0.25) is 0 Å². The van der Waals surface area contributed by atoms with Gasteiger partial charge in [0.15, 0.2) is 0 Å². The van der Waals surface area contributed by atoms with E-state index >= 15 is 0 Å². The summed E-state index contributed by atoms with van der Waals surface area (Å²) >= 11 is 0. The van der Waals surface area contributed by atoms with Crippen LogP contribution < -0.4 is 5.56 Å². The van der Waals surface area contributed by atoms with Crippen LogP contribution >= 0.6 is 0 Å². The number of hydrogen-bond acceptors (Lipinski definition) is 2. The van der Waals surface area contributed by atoms with Crippen LogP contribution in [0.5, 0.6) is 0 Å². The van der Waals surface area contributed by atoms with Crippen molar-refractivity contribution in [1.82, 2.24) is 9.78 Å². The van der Waals surface area contributed by atoms with E-state index in [-0.39, 0.29) is 4.68 Å². The van der Waals surface area contributed by atoms with E-state index in [9.17, 15) is 22.8 Å². The van der Waals surface area contributed by atoms with Gasteiger partial charge in [-0.3, -0.25) is 14.7 Å². The summed E-state index contributed by atoms with van der Waals surface area (Å²) < 4.78 is 34.9. The fourth-order valence-corrected chi connectivity index (χ4v) is 0.607. The molecule has 1 rings (SSSR count). The number of halogens is 3. The van der Waals surface area contributed by atoms with E-state index in [1.807, 2.05) is 5.10 Å². The molecule has 0 aromatic carbocycles. The number of hydrogen-bond donors (Lipinski definition) is 1. The van der Waals surface area contributed by atoms with Crippen LogP contribution in [-0.4, -0.2) is 21.9 Å². The lowest BCUT2D eigenvalue weighted by atomic mass is 10.6. The van der Waals surface area contributed by atoms with Crippen molar-refractivity contribution in [3.05, 3.63) is 22.6 Å². The minimum atomic E-state index is -5.03. The highest BCUT2D eigenvalue weighted by Gasteiger charge is 2.41. The molecule has 0 bridgehead atoms. The number of aromatic amines is 1. The summed E-state index contributed by atoms with van der Waals surface area (Å²) in [6.45, 7) is 0. The molecule has 0 saturated carbocycles. The molecule has 0 unspecified atom stereocenters. The first-order chi connectivity index (χ1) is 5.43. The summed E-state index contributed by atoms with van der Waals surface area (Å²) in [5.41, 5.74) is -1.03. The van der Waals surface area contributed by atoms with Crippen molar-refractivity contribution in [2.24, 2.45) is 0 Å². The molecule has 4 nitrogen and oxygen atoms in total. The topological polar surface area (TPSA) is 54.9 Å². The molecule has 0 aliphatic rings. The Balaban J connectivity index is 3.10. The quantitative estimate of drug-likeness (QED) is 0.627. The number of rotatable bonds is 0. The zero-order valence-corrected chi connectivity index (χ0v) is 5.55. The smallest absolute Gasteiger partial charge is 0.295 e. The molecule has 66 valence electrons. The lowest BCUT2D eigenvalue weighted by molar-refractivity contribution is -0.0958. The van der Waals surface area contributed by atoms with Gasteiger partial charge in [-0.1, -0.05) is 0 Å². The van der Waals surface area contributed by atoms with Crippen molar-refractivity contribution in [2.45, 2.75) is 6.18 Å². The predicted molar refractivity (Wildman–Crippen MR) is 31.7 cm³/mol. The lowest BCUT2D eigenvalue weighted by Crippen LogP contribution is -2.35. The molecule has 0 aliphatic heterocycles. The van der Waals surface area contributed by atoms with E-state index in [0.717, 1.165) is 12.3 Å². The molecule has 1 heterocycles. The van der Waals surface area contributed by atoms with Crippen molar-refractivity contribution in [2.75, 3.05) is 0 Å². The van der Waals surface area contributed by atoms with E-state index < -0.39 is 17.6 Å². The Morgan fingerprint density at radius 1 is 1.50 bits per heavy atom. The number of carbonyl (C=O) groups excluding carboxylic acids is 1. The highest BCUT2D eigenvalue weighted by Crippen LogP contribution is 2.15. The Morgan fingerprint density at radius 2 is 2.08 bits per heavy atom. The predicted octanol–water partition coefficient (Wildman–Crippen LogP) is 0.379. The molecule has 0 aliphatic carbocycles. The second-order valence-electron chi connectivity index (χ2n) is 1.94. The summed E-state index contributed by atoms with van der Waals surface area (Å²) in [5.74, 6) is -2.22. The first kappa shape index (κ1) is 8.57. The minimum absolute atomic E-state index is 0.111. The number of alkyl halides is 3. The second-order valence-corrected chi connectivity index (χ2v) is 1.94. The molecule has 0 spiro atoms. The number of nitrogens with zero attached hydrogens (tertiary/aromatic N) is 1. The molecule has 0 saturated heterocycles. The van der Waals surface area contributed by atoms with Gasteiger partial charge >= 0.3 is 12.1 Å². The molecule has 1 N–H and O–H groups in total. The average Bonchev–Trinajstić information content (AvgIpc) is 2.31. The third kappa shape index (κ3) is 1.39. The van der Waals surface area contributed by atoms with Crippen LogP contribution in [0.4, 0.5) is 13.2 Å². The van der Waals surface area contributed by atoms with E-state index in [0.29, 0.717) is 0 Å². The van der Waals surface area contributed by atoms with Crippen LogP contribution in [0.3, 0.4) is 0 Å². The van der Waals surface area contributed by atoms with Crippen molar-refractivity contribution in [3.63, 3.8) is 0 Å². The first-order valence-electron chi connectivity index (χ1n) is 2.81. The molecule has 0 atom stereocenters. The normalized spacial score (nSPS) is 11.6. The van der Waals surface area contributed by atoms with Gasteiger partial charge < -0.3 is 0 Å². The highest BCUT2D eigenvalue weighted by molar-refractivity contribution is 5.83. The van der Waals surface area contributed by atoms with Gasteiger partial charge in [0, 0.05) is 12.3 Å². The Morgan fingerprint density at radius 3 is 2.42 bits per heavy atom. The van der Waals surface area contributed by atoms with Crippen LogP contribution in [-0.2, 0) is 0 Å². The van der Waals surface area contributed by atoms with Gasteiger partial charge in [-0.25, -0.2) is 0 Å². The molecule has 0 fully saturated rings. The zero-order valence-electron chi connectivity index (χ0n) is 5.55. The second kappa shape index (κ2) is 2.50. The van der Waals surface area contributed by atoms with Gasteiger partial charge in [-0.2, -0.15) is 17.9 Å². The maximum Gasteiger partial charge on any atom is 0.473 e. The molecule has 1 aromatic rings. The number of carbonyl (C=O) groups is 1. The summed E-state index contributed by atoms with van der Waals surface area (Å²) in [6, 6.07) is 0.823. The van der Waals surface area contributed by atoms with Crippen LogP contribution in [0.25, 0.3) is 0 Å². The summed E-state index contributed by atoms with van der Waals surface area (Å²) in [4.78, 5) is 20.9. The summed E-state index contributed by atoms with van der Waals surface area (Å²) in [6.07, 6.45) is -4.08. The van der Waals surface area contributed by atoms with Gasteiger partial charge in [0.05, 0.1) is 0 Å². The number of nitrogens with one attached hydrogen (secondary N) is 1. The van der Waals surface area contributed by atoms with Gasteiger partial charge in [-0.05, 0) is 0 Å². The van der Waals surface area contributed by atoms with E-state index in [1.165, 1.54) is 0 Å². The highest BCUT2D eigenvalue weighted by atomic mass is 19.4. The standard InChI is InChI=1S/C5H3F3N2O2/c6-5(7,8)4(12)10-3(11)1-2-9-10/h1-2,9H. The van der Waals surface area contributed by atoms with Gasteiger partial charge in [-0.15, -0.1) is 0 Å². The van der Waals surface area contributed by atoms with E-state index in [1.54, 1.807) is 0 Å². The Hall–Kier alpha value is -1.53. The SMILES string of the molecule is O=C(n1[nH]ccc1=O)C(F)(F)F. The van der Waals surface area contributed by atoms with Crippen molar-refractivity contribution >= 4 is 5.91 Å². The van der Waals surface area contributed by atoms with Crippen LogP contribution in [0.1, 0.15) is 4.79 Å². The third-order valence-electron chi connectivity index (χ3n) is 1.10. The summed E-state index contributed by atoms with van der Waals surface area (Å²) in [7, 11) is 0. The first-order valence-corrected chi connectivity index (χ1v) is 2.81. The minimum Gasteiger partial charge on any atom is -0.295 e. The Bertz CT molecular complexity index is 348. The van der Waals surface area contributed by atoms with Gasteiger partial charge in [0.25, 0.3) is 5.56 Å². The average molecular weight is 180 g/mol. The molecule has 7 heteroatoms. The molecule has 0 radical (unpaired) electrons. The molecule has 0 amide bonds. The third-order valence-corrected chi connectivity index (χ3v) is 1.10. The summed E-state index contributed by atoms with van der Waals surface area (Å²) in [5, 5.41) is 1.85. The van der Waals surface area contributed by atoms with Crippen LogP contribution in [0.15, 0.2) is 17.1 Å². The maximum absolute atomic E-state index is 11.7. The van der Waals surface area contributed by atoms with Crippen LogP contribution in [0.2, 0.25) is 0 Å². The van der Waals surface area contributed by atoms with Crippen molar-refractivity contribution < 1.29 is 18.0 Å². The largest absolute Gasteiger partial charge is 0.473 e. The molecular weight excluding hydrogens is 177 g/mol.